The second-order valence-electron chi connectivity index (χ2n) is 17.6. The van der Waals surface area contributed by atoms with Gasteiger partial charge in [0, 0.05) is 13.5 Å². The van der Waals surface area contributed by atoms with Crippen molar-refractivity contribution in [2.45, 2.75) is 191 Å². The number of rotatable bonds is 7. The van der Waals surface area contributed by atoms with Crippen molar-refractivity contribution in [3.8, 4) is 0 Å². The molecule has 22 heterocycles. The van der Waals surface area contributed by atoms with Gasteiger partial charge in [0.2, 0.25) is 5.91 Å². The van der Waals surface area contributed by atoms with Gasteiger partial charge in [-0.05, 0) is 0 Å². The van der Waals surface area contributed by atoms with E-state index in [4.69, 9.17) is 56.8 Å². The van der Waals surface area contributed by atoms with Crippen LogP contribution in [0.4, 0.5) is 0 Å². The molecule has 22 aliphatic heterocycles. The molecule has 0 aromatic carbocycles. The predicted molar refractivity (Wildman–Crippen MR) is 207 cm³/mol. The molecule has 22 saturated heterocycles. The summed E-state index contributed by atoms with van der Waals surface area (Å²) in [4.78, 5) is 12.0. The number of hydrogen-bond donors (Lipinski definition) is 18. The SMILES string of the molecule is CC(=O)NC[C@H]1O[C@@H]2O[C@H]3[C@H](O)[C@@H](O)[C@@H](O[C@H]4[C@H](O)[C@@H](O)[C@@H](O[C@H]5[C@H](O)[C@@H](O)[C@@H](O[C@H]6[C@H](O)[C@@H](O)[C@@H](O[C@H]7[C@H](O)[C@@H](O)[C@@H](O[C@H]1[C@H](O)[C@H]2O)O[C@@H]7CO)O[C@@H]6CO)O[C@@H]5CO)O[C@@H]4CO)O[C@@H]3CO. The molecule has 0 aliphatic carbocycles. The monoisotopic (exact) mass is 1010 g/mol. The minimum Gasteiger partial charge on any atom is -0.394 e. The molecule has 0 radical (unpaired) electrons. The normalized spacial score (nSPS) is 53.4. The number of carbonyl (C=O) groups is 1. The third-order valence-corrected chi connectivity index (χ3v) is 13.0. The molecule has 0 saturated carbocycles. The summed E-state index contributed by atoms with van der Waals surface area (Å²) in [6, 6.07) is 0. The molecule has 1 amide bonds. The molecule has 31 nitrogen and oxygen atoms in total. The lowest BCUT2D eigenvalue weighted by atomic mass is 9.94. The molecule has 0 aromatic rings. The summed E-state index contributed by atoms with van der Waals surface area (Å²) in [6.45, 7) is -4.43. The molecule has 0 unspecified atom stereocenters. The van der Waals surface area contributed by atoms with E-state index in [1.54, 1.807) is 0 Å². The highest BCUT2D eigenvalue weighted by molar-refractivity contribution is 5.72. The standard InChI is InChI=1S/C38H63NO30/c1-8(45)39-2-9-27-15(46)21(52)33(58-9)65-28-10(3-40)60-35(23(54)17(28)48)67-30-12(5-42)62-37(25(56)19(30)50)69-32-14(7-44)63-38(26(57)20(32)51)68-31-13(6-43)61-36(24(55)18(31)49)66-29-11(4-41)59-34(64-27)22(53)16(29)47/h9-38,40-44,46-57H,2-7H2,1H3,(H,39,45)/t9-,10-,11-,12-,13-,14-,15-,16-,17-,18-,19-,20-,21-,22-,23-,24-,25-,26-,27-,28-,29-,30-,31-,32-,33-,34-,35-,36-,37-,38-/m1/s1. The van der Waals surface area contributed by atoms with Gasteiger partial charge in [-0.2, -0.15) is 0 Å². The van der Waals surface area contributed by atoms with Crippen molar-refractivity contribution in [2.75, 3.05) is 39.6 Å². The molecular weight excluding hydrogens is 950 g/mol. The average molecular weight is 1010 g/mol. The fourth-order valence-corrected chi connectivity index (χ4v) is 9.19. The highest BCUT2D eigenvalue weighted by atomic mass is 16.8. The number of aliphatic hydroxyl groups is 17. The van der Waals surface area contributed by atoms with Crippen LogP contribution in [0.3, 0.4) is 0 Å². The summed E-state index contributed by atoms with van der Waals surface area (Å²) in [5.41, 5.74) is 0. The predicted octanol–water partition coefficient (Wildman–Crippen LogP) is -12.9. The summed E-state index contributed by atoms with van der Waals surface area (Å²) in [5.74, 6) is -0.632. The molecule has 69 heavy (non-hydrogen) atoms. The molecule has 22 fully saturated rings. The largest absolute Gasteiger partial charge is 0.394 e. The van der Waals surface area contributed by atoms with E-state index in [1.807, 2.05) is 0 Å². The Bertz CT molecular complexity index is 1630. The van der Waals surface area contributed by atoms with Crippen molar-refractivity contribution in [1.29, 1.82) is 0 Å². The van der Waals surface area contributed by atoms with E-state index in [1.165, 1.54) is 0 Å². The Hall–Kier alpha value is -1.69. The van der Waals surface area contributed by atoms with Gasteiger partial charge in [-0.1, -0.05) is 0 Å². The maximum absolute atomic E-state index is 12.0. The van der Waals surface area contributed by atoms with Crippen molar-refractivity contribution in [3.05, 3.63) is 0 Å². The molecule has 0 aromatic heterocycles. The average Bonchev–Trinajstić information content (AvgIpc) is 3.33. The van der Waals surface area contributed by atoms with E-state index < -0.39 is 230 Å². The molecule has 22 aliphatic rings. The Labute approximate surface area is 390 Å². The molecule has 30 atom stereocenters. The first-order valence-electron chi connectivity index (χ1n) is 22.1. The third-order valence-electron chi connectivity index (χ3n) is 13.0. The van der Waals surface area contributed by atoms with E-state index in [2.05, 4.69) is 5.32 Å². The lowest BCUT2D eigenvalue weighted by Gasteiger charge is -2.50. The zero-order chi connectivity index (χ0) is 50.3. The van der Waals surface area contributed by atoms with E-state index >= 15 is 0 Å². The second kappa shape index (κ2) is 23.2. The van der Waals surface area contributed by atoms with Crippen LogP contribution in [0.1, 0.15) is 6.92 Å². The molecule has 31 heteroatoms. The lowest BCUT2D eigenvalue weighted by Crippen LogP contribution is -2.69. The summed E-state index contributed by atoms with van der Waals surface area (Å²) in [6.07, 6.45) is -58.6. The fourth-order valence-electron chi connectivity index (χ4n) is 9.19. The Kier molecular flexibility index (Phi) is 18.6. The van der Waals surface area contributed by atoms with Gasteiger partial charge in [0.25, 0.3) is 0 Å². The van der Waals surface area contributed by atoms with Crippen molar-refractivity contribution in [3.63, 3.8) is 0 Å². The van der Waals surface area contributed by atoms with Crippen LogP contribution in [0, 0.1) is 0 Å². The van der Waals surface area contributed by atoms with Gasteiger partial charge in [-0.25, -0.2) is 0 Å². The minimum atomic E-state index is -2.16. The van der Waals surface area contributed by atoms with Crippen molar-refractivity contribution in [1.82, 2.24) is 5.32 Å². The first kappa shape index (κ1) is 55.1. The van der Waals surface area contributed by atoms with Gasteiger partial charge in [0.15, 0.2) is 37.7 Å². The Morgan fingerprint density at radius 2 is 0.478 bits per heavy atom. The van der Waals surface area contributed by atoms with Gasteiger partial charge in [-0.3, -0.25) is 4.79 Å². The van der Waals surface area contributed by atoms with Gasteiger partial charge < -0.3 is 149 Å². The van der Waals surface area contributed by atoms with E-state index in [9.17, 15) is 91.6 Å². The Morgan fingerprint density at radius 1 is 0.304 bits per heavy atom. The molecule has 400 valence electrons. The van der Waals surface area contributed by atoms with Crippen LogP contribution in [-0.2, 0) is 61.6 Å². The second-order valence-corrected chi connectivity index (χ2v) is 17.6. The Morgan fingerprint density at radius 3 is 0.652 bits per heavy atom. The van der Waals surface area contributed by atoms with Crippen molar-refractivity contribution < 1.29 is 148 Å². The first-order chi connectivity index (χ1) is 32.8. The number of nitrogens with one attached hydrogen (secondary N) is 1. The number of aliphatic hydroxyl groups excluding tert-OH is 17. The molecule has 12 bridgehead atoms. The van der Waals surface area contributed by atoms with E-state index in [-0.39, 0.29) is 0 Å². The smallest absolute Gasteiger partial charge is 0.216 e. The molecular formula is C38H63NO30. The number of hydrogen-bond acceptors (Lipinski definition) is 30. The Balaban J connectivity index is 1.21. The fraction of sp³-hybridized carbons (Fsp3) is 0.974. The maximum Gasteiger partial charge on any atom is 0.216 e. The van der Waals surface area contributed by atoms with E-state index in [0.29, 0.717) is 0 Å². The topological polar surface area (TPSA) is 484 Å². The summed E-state index contributed by atoms with van der Waals surface area (Å²) < 4.78 is 68.6. The quantitative estimate of drug-likeness (QED) is 0.113. The van der Waals surface area contributed by atoms with Crippen LogP contribution in [-0.4, -0.2) is 317 Å². The van der Waals surface area contributed by atoms with Crippen LogP contribution in [0.15, 0.2) is 0 Å². The first-order valence-corrected chi connectivity index (χ1v) is 22.1. The lowest BCUT2D eigenvalue weighted by molar-refractivity contribution is -0.403. The minimum absolute atomic E-state index is 0.517. The molecule has 22 rings (SSSR count). The number of ether oxygens (including phenoxy) is 12. The summed E-state index contributed by atoms with van der Waals surface area (Å²) >= 11 is 0. The molecule has 18 N–H and O–H groups in total. The number of amides is 1. The highest BCUT2D eigenvalue weighted by Gasteiger charge is 2.58. The van der Waals surface area contributed by atoms with Crippen LogP contribution in [0.2, 0.25) is 0 Å². The van der Waals surface area contributed by atoms with Crippen LogP contribution < -0.4 is 5.32 Å². The summed E-state index contributed by atoms with van der Waals surface area (Å²) in [5, 5.41) is 189. The summed E-state index contributed by atoms with van der Waals surface area (Å²) in [7, 11) is 0. The van der Waals surface area contributed by atoms with E-state index in [0.717, 1.165) is 6.92 Å². The van der Waals surface area contributed by atoms with Gasteiger partial charge in [0.05, 0.1) is 33.0 Å². The van der Waals surface area contributed by atoms with Gasteiger partial charge in [-0.15, -0.1) is 0 Å². The zero-order valence-electron chi connectivity index (χ0n) is 36.5. The zero-order valence-corrected chi connectivity index (χ0v) is 36.5. The molecule has 0 spiro atoms. The van der Waals surface area contributed by atoms with Crippen molar-refractivity contribution >= 4 is 5.91 Å². The van der Waals surface area contributed by atoms with Gasteiger partial charge >= 0.3 is 0 Å². The third kappa shape index (κ3) is 11.1. The number of carbonyl (C=O) groups excluding carboxylic acids is 1. The van der Waals surface area contributed by atoms with Crippen LogP contribution in [0.25, 0.3) is 0 Å². The van der Waals surface area contributed by atoms with Crippen LogP contribution >= 0.6 is 0 Å². The van der Waals surface area contributed by atoms with Crippen molar-refractivity contribution in [2.24, 2.45) is 0 Å². The van der Waals surface area contributed by atoms with Crippen LogP contribution in [0.5, 0.6) is 0 Å². The van der Waals surface area contributed by atoms with Gasteiger partial charge in [0.1, 0.15) is 146 Å². The maximum atomic E-state index is 12.0. The highest BCUT2D eigenvalue weighted by Crippen LogP contribution is 2.38.